The van der Waals surface area contributed by atoms with E-state index in [1.54, 1.807) is 49.8 Å². The first-order valence-corrected chi connectivity index (χ1v) is 11.9. The standard InChI is InChI=1S/C30H33NO7/c1-32-24-10-8-20(14-26(24)34-3)22-17-31(16-19-12-28(36-5)30(38-7)29(13-19)37-6)18-23(22)21-9-11-25(33-2)27(15-21)35-4/h8-15,17-18H,16H2,1-7H3. The van der Waals surface area contributed by atoms with Gasteiger partial charge in [-0.25, -0.2) is 0 Å². The second-order valence-electron chi connectivity index (χ2n) is 8.43. The van der Waals surface area contributed by atoms with Crippen LogP contribution in [0.2, 0.25) is 0 Å². The number of hydrogen-bond donors (Lipinski definition) is 0. The zero-order chi connectivity index (χ0) is 27.2. The van der Waals surface area contributed by atoms with Crippen molar-refractivity contribution in [3.05, 3.63) is 66.5 Å². The average Bonchev–Trinajstić information content (AvgIpc) is 3.39. The maximum atomic E-state index is 5.58. The van der Waals surface area contributed by atoms with E-state index < -0.39 is 0 Å². The van der Waals surface area contributed by atoms with Crippen molar-refractivity contribution in [3.63, 3.8) is 0 Å². The number of nitrogens with zero attached hydrogens (tertiary/aromatic N) is 1. The molecule has 0 spiro atoms. The summed E-state index contributed by atoms with van der Waals surface area (Å²) in [5, 5.41) is 0. The molecule has 1 heterocycles. The van der Waals surface area contributed by atoms with Gasteiger partial charge in [0.2, 0.25) is 5.75 Å². The Morgan fingerprint density at radius 1 is 0.474 bits per heavy atom. The Balaban J connectivity index is 1.85. The second-order valence-corrected chi connectivity index (χ2v) is 8.43. The largest absolute Gasteiger partial charge is 0.493 e. The van der Waals surface area contributed by atoms with Gasteiger partial charge < -0.3 is 37.7 Å². The molecule has 200 valence electrons. The zero-order valence-corrected chi connectivity index (χ0v) is 22.8. The van der Waals surface area contributed by atoms with Gasteiger partial charge in [-0.1, -0.05) is 12.1 Å². The van der Waals surface area contributed by atoms with Crippen molar-refractivity contribution in [2.75, 3.05) is 49.8 Å². The van der Waals surface area contributed by atoms with Gasteiger partial charge in [0, 0.05) is 30.1 Å². The van der Waals surface area contributed by atoms with Gasteiger partial charge in [0.15, 0.2) is 34.5 Å². The fraction of sp³-hybridized carbons (Fsp3) is 0.267. The molecular weight excluding hydrogens is 486 g/mol. The lowest BCUT2D eigenvalue weighted by Gasteiger charge is -2.14. The summed E-state index contributed by atoms with van der Waals surface area (Å²) in [6.45, 7) is 0.574. The summed E-state index contributed by atoms with van der Waals surface area (Å²) in [6, 6.07) is 15.7. The Morgan fingerprint density at radius 2 is 0.895 bits per heavy atom. The summed E-state index contributed by atoms with van der Waals surface area (Å²) in [5.74, 6) is 4.41. The molecule has 0 saturated heterocycles. The zero-order valence-electron chi connectivity index (χ0n) is 22.8. The third-order valence-corrected chi connectivity index (χ3v) is 6.36. The molecule has 0 atom stereocenters. The maximum Gasteiger partial charge on any atom is 0.203 e. The number of methoxy groups -OCH3 is 7. The van der Waals surface area contributed by atoms with E-state index in [0.29, 0.717) is 46.8 Å². The third-order valence-electron chi connectivity index (χ3n) is 6.36. The van der Waals surface area contributed by atoms with E-state index >= 15 is 0 Å². The lowest BCUT2D eigenvalue weighted by Crippen LogP contribution is -2.00. The highest BCUT2D eigenvalue weighted by molar-refractivity contribution is 5.85. The van der Waals surface area contributed by atoms with E-state index in [0.717, 1.165) is 27.8 Å². The molecule has 0 saturated carbocycles. The van der Waals surface area contributed by atoms with Crippen LogP contribution in [-0.4, -0.2) is 54.3 Å². The van der Waals surface area contributed by atoms with Gasteiger partial charge in [-0.2, -0.15) is 0 Å². The molecule has 0 N–H and O–H groups in total. The predicted octanol–water partition coefficient (Wildman–Crippen LogP) is 5.93. The molecule has 3 aromatic carbocycles. The van der Waals surface area contributed by atoms with Crippen molar-refractivity contribution < 1.29 is 33.2 Å². The van der Waals surface area contributed by atoms with Crippen LogP contribution in [0.4, 0.5) is 0 Å². The van der Waals surface area contributed by atoms with Crippen LogP contribution >= 0.6 is 0 Å². The average molecular weight is 520 g/mol. The van der Waals surface area contributed by atoms with Crippen LogP contribution in [0.3, 0.4) is 0 Å². The molecule has 4 rings (SSSR count). The highest BCUT2D eigenvalue weighted by atomic mass is 16.5. The van der Waals surface area contributed by atoms with Crippen molar-refractivity contribution in [1.29, 1.82) is 0 Å². The number of ether oxygens (including phenoxy) is 7. The van der Waals surface area contributed by atoms with E-state index in [2.05, 4.69) is 17.0 Å². The van der Waals surface area contributed by atoms with Gasteiger partial charge in [-0.15, -0.1) is 0 Å². The number of benzene rings is 3. The molecule has 0 bridgehead atoms. The van der Waals surface area contributed by atoms with Crippen molar-refractivity contribution in [2.24, 2.45) is 0 Å². The van der Waals surface area contributed by atoms with Gasteiger partial charge in [-0.3, -0.25) is 0 Å². The van der Waals surface area contributed by atoms with E-state index in [1.807, 2.05) is 48.5 Å². The van der Waals surface area contributed by atoms with Crippen LogP contribution in [0.25, 0.3) is 22.3 Å². The van der Waals surface area contributed by atoms with Gasteiger partial charge in [0.05, 0.1) is 49.8 Å². The first-order valence-electron chi connectivity index (χ1n) is 11.9. The molecule has 0 aliphatic carbocycles. The lowest BCUT2D eigenvalue weighted by molar-refractivity contribution is 0.323. The summed E-state index contributed by atoms with van der Waals surface area (Å²) < 4.78 is 40.8. The molecule has 8 nitrogen and oxygen atoms in total. The summed E-state index contributed by atoms with van der Waals surface area (Å²) in [4.78, 5) is 0. The Hall–Kier alpha value is -4.46. The van der Waals surface area contributed by atoms with Crippen molar-refractivity contribution in [2.45, 2.75) is 6.54 Å². The molecular formula is C30H33NO7. The molecule has 8 heteroatoms. The minimum atomic E-state index is 0.559. The summed E-state index contributed by atoms with van der Waals surface area (Å²) in [6.07, 6.45) is 4.22. The fourth-order valence-corrected chi connectivity index (χ4v) is 4.50. The summed E-state index contributed by atoms with van der Waals surface area (Å²) >= 11 is 0. The van der Waals surface area contributed by atoms with Gasteiger partial charge in [-0.05, 0) is 53.1 Å². The molecule has 0 radical (unpaired) electrons. The van der Waals surface area contributed by atoms with Crippen molar-refractivity contribution in [3.8, 4) is 62.5 Å². The summed E-state index contributed by atoms with van der Waals surface area (Å²) in [7, 11) is 11.3. The molecule has 0 fully saturated rings. The van der Waals surface area contributed by atoms with Gasteiger partial charge in [0.1, 0.15) is 0 Å². The van der Waals surface area contributed by atoms with Crippen LogP contribution in [0.15, 0.2) is 60.9 Å². The maximum absolute atomic E-state index is 5.58. The van der Waals surface area contributed by atoms with Crippen molar-refractivity contribution >= 4 is 0 Å². The van der Waals surface area contributed by atoms with Crippen LogP contribution in [0.1, 0.15) is 5.56 Å². The number of hydrogen-bond acceptors (Lipinski definition) is 7. The molecule has 0 amide bonds. The Bertz CT molecular complexity index is 1310. The number of rotatable bonds is 11. The Labute approximate surface area is 223 Å². The monoisotopic (exact) mass is 519 g/mol. The minimum absolute atomic E-state index is 0.559. The van der Waals surface area contributed by atoms with Crippen LogP contribution < -0.4 is 33.2 Å². The molecule has 0 aliphatic rings. The van der Waals surface area contributed by atoms with Crippen LogP contribution in [0.5, 0.6) is 40.2 Å². The van der Waals surface area contributed by atoms with E-state index in [9.17, 15) is 0 Å². The fourth-order valence-electron chi connectivity index (χ4n) is 4.50. The molecule has 0 unspecified atom stereocenters. The van der Waals surface area contributed by atoms with Crippen molar-refractivity contribution in [1.82, 2.24) is 4.57 Å². The Kier molecular flexibility index (Phi) is 8.21. The van der Waals surface area contributed by atoms with E-state index in [-0.39, 0.29) is 0 Å². The smallest absolute Gasteiger partial charge is 0.203 e. The molecule has 4 aromatic rings. The minimum Gasteiger partial charge on any atom is -0.493 e. The summed E-state index contributed by atoms with van der Waals surface area (Å²) in [5.41, 5.74) is 5.00. The Morgan fingerprint density at radius 3 is 1.26 bits per heavy atom. The number of aromatic nitrogens is 1. The normalized spacial score (nSPS) is 10.6. The molecule has 38 heavy (non-hydrogen) atoms. The van der Waals surface area contributed by atoms with Gasteiger partial charge >= 0.3 is 0 Å². The lowest BCUT2D eigenvalue weighted by atomic mass is 9.98. The highest BCUT2D eigenvalue weighted by Gasteiger charge is 2.18. The van der Waals surface area contributed by atoms with E-state index in [4.69, 9.17) is 33.2 Å². The first kappa shape index (κ1) is 26.6. The van der Waals surface area contributed by atoms with Gasteiger partial charge in [0.25, 0.3) is 0 Å². The third kappa shape index (κ3) is 5.16. The first-order chi connectivity index (χ1) is 18.5. The molecule has 0 aliphatic heterocycles. The SMILES string of the molecule is COc1ccc(-c2cn(Cc3cc(OC)c(OC)c(OC)c3)cc2-c2ccc(OC)c(OC)c2)cc1OC. The van der Waals surface area contributed by atoms with Crippen LogP contribution in [-0.2, 0) is 6.54 Å². The topological polar surface area (TPSA) is 69.5 Å². The quantitative estimate of drug-likeness (QED) is 0.243. The highest BCUT2D eigenvalue weighted by Crippen LogP contribution is 2.42. The molecule has 1 aromatic heterocycles. The van der Waals surface area contributed by atoms with Crippen LogP contribution in [0, 0.1) is 0 Å². The van der Waals surface area contributed by atoms with E-state index in [1.165, 1.54) is 0 Å². The second kappa shape index (κ2) is 11.7. The predicted molar refractivity (Wildman–Crippen MR) is 147 cm³/mol.